The average molecular weight is 91.9 g/mol. The lowest BCUT2D eigenvalue weighted by molar-refractivity contribution is 0.0534. The lowest BCUT2D eigenvalue weighted by Gasteiger charge is -1.91. The van der Waals surface area contributed by atoms with Gasteiger partial charge in [-0.15, -0.1) is 0 Å². The number of aliphatic hydroxyl groups is 1. The first-order valence-corrected chi connectivity index (χ1v) is 1.36. The van der Waals surface area contributed by atoms with E-state index in [0.717, 1.165) is 0 Å². The third kappa shape index (κ3) is 3.90. The van der Waals surface area contributed by atoms with Gasteiger partial charge in [-0.2, -0.15) is 0 Å². The van der Waals surface area contributed by atoms with Crippen molar-refractivity contribution in [2.45, 2.75) is 0 Å². The molecule has 4 nitrogen and oxygen atoms in total. The molecule has 5 heteroatoms. The van der Waals surface area contributed by atoms with Crippen molar-refractivity contribution in [1.29, 1.82) is 0 Å². The zero-order valence-electron chi connectivity index (χ0n) is 3.03. The standard InChI is InChI=1S/CH5BO4/c3-1-6-2(4)5/h3-5H,1H2. The van der Waals surface area contributed by atoms with E-state index in [0.29, 0.717) is 0 Å². The molecule has 0 atom stereocenters. The molecule has 0 fully saturated rings. The molecule has 6 heavy (non-hydrogen) atoms. The van der Waals surface area contributed by atoms with Crippen LogP contribution in [0.4, 0.5) is 0 Å². The van der Waals surface area contributed by atoms with Crippen LogP contribution in [0.15, 0.2) is 0 Å². The zero-order valence-corrected chi connectivity index (χ0v) is 3.03. The van der Waals surface area contributed by atoms with E-state index in [1.54, 1.807) is 0 Å². The van der Waals surface area contributed by atoms with Crippen molar-refractivity contribution in [1.82, 2.24) is 0 Å². The summed E-state index contributed by atoms with van der Waals surface area (Å²) in [7, 11) is -1.85. The molecular weight excluding hydrogens is 86.8 g/mol. The third-order valence-electron chi connectivity index (χ3n) is 0.224. The minimum absolute atomic E-state index is 0.669. The first-order valence-electron chi connectivity index (χ1n) is 1.36. The average Bonchev–Trinajstić information content (AvgIpc) is 1.35. The van der Waals surface area contributed by atoms with Crippen LogP contribution in [0.1, 0.15) is 0 Å². The van der Waals surface area contributed by atoms with Crippen molar-refractivity contribution in [2.24, 2.45) is 0 Å². The van der Waals surface area contributed by atoms with E-state index >= 15 is 0 Å². The monoisotopic (exact) mass is 92.0 g/mol. The smallest absolute Gasteiger partial charge is 0.402 e. The largest absolute Gasteiger partial charge is 0.635 e. The first kappa shape index (κ1) is 5.90. The maximum atomic E-state index is 7.73. The van der Waals surface area contributed by atoms with Gasteiger partial charge >= 0.3 is 7.32 Å². The molecule has 0 bridgehead atoms. The molecule has 0 aliphatic carbocycles. The van der Waals surface area contributed by atoms with Gasteiger partial charge in [0.1, 0.15) is 6.79 Å². The van der Waals surface area contributed by atoms with Gasteiger partial charge in [0.15, 0.2) is 0 Å². The van der Waals surface area contributed by atoms with E-state index in [2.05, 4.69) is 4.65 Å². The van der Waals surface area contributed by atoms with Gasteiger partial charge in [0.25, 0.3) is 0 Å². The summed E-state index contributed by atoms with van der Waals surface area (Å²) in [6, 6.07) is 0. The van der Waals surface area contributed by atoms with Gasteiger partial charge in [-0.25, -0.2) is 0 Å². The molecule has 0 saturated carbocycles. The summed E-state index contributed by atoms with van der Waals surface area (Å²) >= 11 is 0. The highest BCUT2D eigenvalue weighted by molar-refractivity contribution is 6.32. The fourth-order valence-electron chi connectivity index (χ4n) is 0.0667. The summed E-state index contributed by atoms with van der Waals surface area (Å²) in [5.74, 6) is 0. The Morgan fingerprint density at radius 1 is 1.50 bits per heavy atom. The summed E-state index contributed by atoms with van der Waals surface area (Å²) in [6.07, 6.45) is 0. The number of rotatable bonds is 2. The van der Waals surface area contributed by atoms with Crippen LogP contribution in [0.25, 0.3) is 0 Å². The molecule has 0 rings (SSSR count). The molecule has 0 radical (unpaired) electrons. The van der Waals surface area contributed by atoms with Gasteiger partial charge in [0.2, 0.25) is 0 Å². The molecule has 36 valence electrons. The Hall–Kier alpha value is -0.0951. The minimum atomic E-state index is -1.85. The summed E-state index contributed by atoms with van der Waals surface area (Å²) in [5.41, 5.74) is 0. The van der Waals surface area contributed by atoms with Gasteiger partial charge in [0.05, 0.1) is 0 Å². The van der Waals surface area contributed by atoms with E-state index in [4.69, 9.17) is 15.2 Å². The molecule has 0 aromatic rings. The molecular formula is CH5BO4. The molecule has 0 aromatic carbocycles. The highest BCUT2D eigenvalue weighted by Crippen LogP contribution is 1.66. The van der Waals surface area contributed by atoms with Crippen LogP contribution < -0.4 is 0 Å². The van der Waals surface area contributed by atoms with Crippen molar-refractivity contribution in [3.05, 3.63) is 0 Å². The van der Waals surface area contributed by atoms with Crippen molar-refractivity contribution < 1.29 is 19.8 Å². The Morgan fingerprint density at radius 3 is 2.00 bits per heavy atom. The van der Waals surface area contributed by atoms with E-state index in [-0.39, 0.29) is 0 Å². The van der Waals surface area contributed by atoms with Crippen LogP contribution >= 0.6 is 0 Å². The Balaban J connectivity index is 2.63. The quantitative estimate of drug-likeness (QED) is 0.270. The normalized spacial score (nSPS) is 8.50. The van der Waals surface area contributed by atoms with Crippen LogP contribution in [0.3, 0.4) is 0 Å². The molecule has 3 N–H and O–H groups in total. The fraction of sp³-hybridized carbons (Fsp3) is 1.00. The van der Waals surface area contributed by atoms with Gasteiger partial charge in [-0.3, -0.25) is 0 Å². The van der Waals surface area contributed by atoms with Crippen molar-refractivity contribution >= 4 is 7.32 Å². The topological polar surface area (TPSA) is 69.9 Å². The second kappa shape index (κ2) is 3.11. The Kier molecular flexibility index (Phi) is 3.06. The SMILES string of the molecule is OCOB(O)O. The van der Waals surface area contributed by atoms with Crippen LogP contribution in [-0.4, -0.2) is 29.3 Å². The molecule has 0 saturated heterocycles. The number of hydrogen-bond donors (Lipinski definition) is 3. The summed E-state index contributed by atoms with van der Waals surface area (Å²) in [6.45, 7) is -0.669. The molecule has 0 unspecified atom stereocenters. The maximum Gasteiger partial charge on any atom is 0.635 e. The lowest BCUT2D eigenvalue weighted by atomic mass is 10.3. The molecule has 0 aliphatic heterocycles. The zero-order chi connectivity index (χ0) is 4.99. The number of aliphatic hydroxyl groups excluding tert-OH is 1. The Morgan fingerprint density at radius 2 is 2.00 bits per heavy atom. The Labute approximate surface area is 35.2 Å². The highest BCUT2D eigenvalue weighted by atomic mass is 16.7. The van der Waals surface area contributed by atoms with Gasteiger partial charge in [0, 0.05) is 0 Å². The van der Waals surface area contributed by atoms with Gasteiger partial charge in [-0.05, 0) is 0 Å². The second-order valence-electron chi connectivity index (χ2n) is 0.622. The maximum absolute atomic E-state index is 7.73. The van der Waals surface area contributed by atoms with E-state index < -0.39 is 14.1 Å². The molecule has 0 aliphatic rings. The van der Waals surface area contributed by atoms with E-state index in [1.165, 1.54) is 0 Å². The summed E-state index contributed by atoms with van der Waals surface area (Å²) in [4.78, 5) is 0. The summed E-state index contributed by atoms with van der Waals surface area (Å²) in [5, 5.41) is 23.1. The molecule has 0 amide bonds. The molecule has 0 heterocycles. The number of hydrogen-bond acceptors (Lipinski definition) is 4. The van der Waals surface area contributed by atoms with Crippen LogP contribution in [0.5, 0.6) is 0 Å². The molecule has 0 aromatic heterocycles. The minimum Gasteiger partial charge on any atom is -0.402 e. The van der Waals surface area contributed by atoms with Crippen molar-refractivity contribution in [3.8, 4) is 0 Å². The third-order valence-corrected chi connectivity index (χ3v) is 0.224. The highest BCUT2D eigenvalue weighted by Gasteiger charge is 2.04. The summed E-state index contributed by atoms with van der Waals surface area (Å²) < 4.78 is 3.71. The van der Waals surface area contributed by atoms with Crippen LogP contribution in [0.2, 0.25) is 0 Å². The van der Waals surface area contributed by atoms with Crippen LogP contribution in [0, 0.1) is 0 Å². The lowest BCUT2D eigenvalue weighted by Crippen LogP contribution is -2.16. The molecule has 0 spiro atoms. The van der Waals surface area contributed by atoms with Crippen molar-refractivity contribution in [2.75, 3.05) is 6.79 Å². The van der Waals surface area contributed by atoms with Crippen molar-refractivity contribution in [3.63, 3.8) is 0 Å². The van der Waals surface area contributed by atoms with Gasteiger partial charge in [-0.1, -0.05) is 0 Å². The van der Waals surface area contributed by atoms with E-state index in [1.807, 2.05) is 0 Å². The predicted octanol–water partition coefficient (Wildman–Crippen LogP) is -2.08. The predicted molar refractivity (Wildman–Crippen MR) is 18.4 cm³/mol. The fourth-order valence-corrected chi connectivity index (χ4v) is 0.0667. The van der Waals surface area contributed by atoms with Gasteiger partial charge < -0.3 is 19.8 Å². The first-order chi connectivity index (χ1) is 2.77. The Bertz CT molecular complexity index is 28.7. The van der Waals surface area contributed by atoms with Crippen LogP contribution in [-0.2, 0) is 4.65 Å². The second-order valence-corrected chi connectivity index (χ2v) is 0.622. The van der Waals surface area contributed by atoms with E-state index in [9.17, 15) is 0 Å².